The number of benzene rings is 1. The summed E-state index contributed by atoms with van der Waals surface area (Å²) in [5, 5.41) is 2.96. The molecule has 0 saturated carbocycles. The van der Waals surface area contributed by atoms with Crippen LogP contribution < -0.4 is 16.0 Å². The van der Waals surface area contributed by atoms with Gasteiger partial charge in [0.25, 0.3) is 0 Å². The molecule has 5 nitrogen and oxygen atoms in total. The number of hydrogen-bond donors (Lipinski definition) is 2. The highest BCUT2D eigenvalue weighted by Crippen LogP contribution is 2.29. The number of amides is 2. The summed E-state index contributed by atoms with van der Waals surface area (Å²) in [5.41, 5.74) is 6.84. The third-order valence-electron chi connectivity index (χ3n) is 4.72. The molecule has 1 aromatic rings. The summed E-state index contributed by atoms with van der Waals surface area (Å²) >= 11 is 0. The Kier molecular flexibility index (Phi) is 5.19. The van der Waals surface area contributed by atoms with Crippen molar-refractivity contribution in [2.75, 3.05) is 23.3 Å². The number of nitrogens with zero attached hydrogens (tertiary/aromatic N) is 1. The molecule has 2 amide bonds. The first-order chi connectivity index (χ1) is 10.6. The van der Waals surface area contributed by atoms with Gasteiger partial charge in [-0.25, -0.2) is 0 Å². The highest BCUT2D eigenvalue weighted by atomic mass is 16.2. The second-order valence-electron chi connectivity index (χ2n) is 5.84. The summed E-state index contributed by atoms with van der Waals surface area (Å²) in [6.07, 6.45) is 2.89. The van der Waals surface area contributed by atoms with Crippen LogP contribution in [0.2, 0.25) is 0 Å². The van der Waals surface area contributed by atoms with Gasteiger partial charge >= 0.3 is 0 Å². The van der Waals surface area contributed by atoms with Gasteiger partial charge in [-0.2, -0.15) is 0 Å². The average molecular weight is 303 g/mol. The van der Waals surface area contributed by atoms with E-state index in [4.69, 9.17) is 5.73 Å². The fourth-order valence-corrected chi connectivity index (χ4v) is 2.89. The average Bonchev–Trinajstić information content (AvgIpc) is 2.96. The van der Waals surface area contributed by atoms with E-state index in [1.165, 1.54) is 0 Å². The Balaban J connectivity index is 2.16. The predicted molar refractivity (Wildman–Crippen MR) is 88.7 cm³/mol. The molecule has 1 saturated heterocycles. The van der Waals surface area contributed by atoms with Crippen LogP contribution in [0.3, 0.4) is 0 Å². The van der Waals surface area contributed by atoms with E-state index in [0.29, 0.717) is 31.5 Å². The summed E-state index contributed by atoms with van der Waals surface area (Å²) in [6.45, 7) is 5.04. The van der Waals surface area contributed by atoms with E-state index in [9.17, 15) is 9.59 Å². The second kappa shape index (κ2) is 6.92. The third kappa shape index (κ3) is 3.14. The van der Waals surface area contributed by atoms with Crippen LogP contribution >= 0.6 is 0 Å². The first kappa shape index (κ1) is 16.5. The minimum Gasteiger partial charge on any atom is -0.329 e. The highest BCUT2D eigenvalue weighted by molar-refractivity contribution is 5.98. The van der Waals surface area contributed by atoms with E-state index in [1.807, 2.05) is 38.1 Å². The van der Waals surface area contributed by atoms with Crippen molar-refractivity contribution in [3.05, 3.63) is 24.3 Å². The molecule has 1 fully saturated rings. The minimum atomic E-state index is -0.528. The Morgan fingerprint density at radius 1 is 1.36 bits per heavy atom. The Morgan fingerprint density at radius 3 is 2.64 bits per heavy atom. The number of nitrogens with two attached hydrogens (primary N) is 1. The fraction of sp³-hybridized carbons (Fsp3) is 0.529. The quantitative estimate of drug-likeness (QED) is 0.848. The van der Waals surface area contributed by atoms with Gasteiger partial charge < -0.3 is 16.0 Å². The van der Waals surface area contributed by atoms with Crippen LogP contribution in [0, 0.1) is 5.41 Å². The standard InChI is InChI=1S/C17H25N3O2/c1-3-17(4-2,12-18)16(22)19-13-7-5-8-14(11-13)20-10-6-9-15(20)21/h5,7-8,11H,3-4,6,9-10,12,18H2,1-2H3,(H,19,22). The van der Waals surface area contributed by atoms with E-state index in [2.05, 4.69) is 5.32 Å². The number of anilines is 2. The van der Waals surface area contributed by atoms with Gasteiger partial charge in [0.15, 0.2) is 0 Å². The molecule has 2 rings (SSSR count). The third-order valence-corrected chi connectivity index (χ3v) is 4.72. The van der Waals surface area contributed by atoms with Crippen molar-refractivity contribution in [3.63, 3.8) is 0 Å². The smallest absolute Gasteiger partial charge is 0.231 e. The molecule has 22 heavy (non-hydrogen) atoms. The molecule has 1 aromatic carbocycles. The number of carbonyl (C=O) groups excluding carboxylic acids is 2. The predicted octanol–water partition coefficient (Wildman–Crippen LogP) is 2.52. The summed E-state index contributed by atoms with van der Waals surface area (Å²) in [6, 6.07) is 7.45. The molecule has 1 aliphatic heterocycles. The fourth-order valence-electron chi connectivity index (χ4n) is 2.89. The van der Waals surface area contributed by atoms with Crippen LogP contribution in [0.4, 0.5) is 11.4 Å². The maximum absolute atomic E-state index is 12.6. The van der Waals surface area contributed by atoms with E-state index in [-0.39, 0.29) is 11.8 Å². The Labute approximate surface area is 131 Å². The van der Waals surface area contributed by atoms with E-state index >= 15 is 0 Å². The van der Waals surface area contributed by atoms with Crippen LogP contribution in [0.1, 0.15) is 39.5 Å². The van der Waals surface area contributed by atoms with Crippen LogP contribution in [-0.4, -0.2) is 24.9 Å². The second-order valence-corrected chi connectivity index (χ2v) is 5.84. The van der Waals surface area contributed by atoms with Gasteiger partial charge in [0.2, 0.25) is 11.8 Å². The molecule has 0 radical (unpaired) electrons. The molecular weight excluding hydrogens is 278 g/mol. The van der Waals surface area contributed by atoms with Gasteiger partial charge in [0.1, 0.15) is 0 Å². The topological polar surface area (TPSA) is 75.4 Å². The SMILES string of the molecule is CCC(CC)(CN)C(=O)Nc1cccc(N2CCCC2=O)c1. The molecule has 0 aromatic heterocycles. The molecule has 5 heteroatoms. The van der Waals surface area contributed by atoms with E-state index < -0.39 is 5.41 Å². The summed E-state index contributed by atoms with van der Waals surface area (Å²) < 4.78 is 0. The van der Waals surface area contributed by atoms with E-state index in [0.717, 1.165) is 18.7 Å². The van der Waals surface area contributed by atoms with Crippen molar-refractivity contribution in [1.82, 2.24) is 0 Å². The lowest BCUT2D eigenvalue weighted by molar-refractivity contribution is -0.125. The zero-order valence-corrected chi connectivity index (χ0v) is 13.4. The lowest BCUT2D eigenvalue weighted by Gasteiger charge is -2.28. The number of rotatable bonds is 6. The summed E-state index contributed by atoms with van der Waals surface area (Å²) in [5.74, 6) is 0.0896. The summed E-state index contributed by atoms with van der Waals surface area (Å²) in [7, 11) is 0. The number of nitrogens with one attached hydrogen (secondary N) is 1. The molecule has 0 aliphatic carbocycles. The zero-order valence-electron chi connectivity index (χ0n) is 13.4. The monoisotopic (exact) mass is 303 g/mol. The Bertz CT molecular complexity index is 544. The molecule has 0 spiro atoms. The minimum absolute atomic E-state index is 0.0510. The maximum atomic E-state index is 12.6. The molecule has 1 aliphatic rings. The number of hydrogen-bond acceptors (Lipinski definition) is 3. The maximum Gasteiger partial charge on any atom is 0.231 e. The Morgan fingerprint density at radius 2 is 2.09 bits per heavy atom. The van der Waals surface area contributed by atoms with Gasteiger partial charge in [0.05, 0.1) is 5.41 Å². The van der Waals surface area contributed by atoms with Gasteiger partial charge in [-0.3, -0.25) is 9.59 Å². The molecule has 0 bridgehead atoms. The highest BCUT2D eigenvalue weighted by Gasteiger charge is 2.33. The largest absolute Gasteiger partial charge is 0.329 e. The molecule has 1 heterocycles. The normalized spacial score (nSPS) is 15.2. The lowest BCUT2D eigenvalue weighted by Crippen LogP contribution is -2.41. The molecule has 0 unspecified atom stereocenters. The van der Waals surface area contributed by atoms with Crippen LogP contribution in [0.25, 0.3) is 0 Å². The van der Waals surface area contributed by atoms with Crippen LogP contribution in [0.5, 0.6) is 0 Å². The van der Waals surface area contributed by atoms with E-state index in [1.54, 1.807) is 4.90 Å². The first-order valence-corrected chi connectivity index (χ1v) is 7.98. The Hall–Kier alpha value is -1.88. The zero-order chi connectivity index (χ0) is 16.2. The molecule has 3 N–H and O–H groups in total. The van der Waals surface area contributed by atoms with Gasteiger partial charge in [-0.05, 0) is 37.5 Å². The number of carbonyl (C=O) groups is 2. The van der Waals surface area contributed by atoms with Gasteiger partial charge in [-0.15, -0.1) is 0 Å². The van der Waals surface area contributed by atoms with Gasteiger partial charge in [-0.1, -0.05) is 19.9 Å². The lowest BCUT2D eigenvalue weighted by atomic mass is 9.81. The van der Waals surface area contributed by atoms with Gasteiger partial charge in [0, 0.05) is 30.9 Å². The molecular formula is C17H25N3O2. The van der Waals surface area contributed by atoms with Crippen molar-refractivity contribution in [2.24, 2.45) is 11.1 Å². The van der Waals surface area contributed by atoms with Crippen LogP contribution in [0.15, 0.2) is 24.3 Å². The van der Waals surface area contributed by atoms with Crippen molar-refractivity contribution in [1.29, 1.82) is 0 Å². The van der Waals surface area contributed by atoms with Crippen molar-refractivity contribution >= 4 is 23.2 Å². The van der Waals surface area contributed by atoms with Crippen molar-refractivity contribution < 1.29 is 9.59 Å². The first-order valence-electron chi connectivity index (χ1n) is 7.98. The summed E-state index contributed by atoms with van der Waals surface area (Å²) in [4.78, 5) is 26.2. The van der Waals surface area contributed by atoms with Crippen LogP contribution in [-0.2, 0) is 9.59 Å². The molecule has 120 valence electrons. The molecule has 0 atom stereocenters. The van der Waals surface area contributed by atoms with Crippen molar-refractivity contribution in [3.8, 4) is 0 Å². The van der Waals surface area contributed by atoms with Crippen molar-refractivity contribution in [2.45, 2.75) is 39.5 Å².